The quantitative estimate of drug-likeness (QED) is 0.384. The molecule has 0 amide bonds. The molecule has 0 aromatic carbocycles. The Hall–Kier alpha value is -2.11. The Balaban J connectivity index is 0. The van der Waals surface area contributed by atoms with E-state index in [2.05, 4.69) is 18.2 Å². The Labute approximate surface area is 131 Å². The molecule has 0 aliphatic heterocycles. The SMILES string of the molecule is C=COC(C)=O.CCCCC(CC)C/C(=C/C(=O)O)C(=O)O. The van der Waals surface area contributed by atoms with Gasteiger partial charge in [-0.3, -0.25) is 4.79 Å². The molecular formula is C16H26O6. The topological polar surface area (TPSA) is 101 Å². The summed E-state index contributed by atoms with van der Waals surface area (Å²) in [6, 6.07) is 0. The van der Waals surface area contributed by atoms with Crippen molar-refractivity contribution in [2.75, 3.05) is 0 Å². The highest BCUT2D eigenvalue weighted by Gasteiger charge is 2.15. The van der Waals surface area contributed by atoms with Crippen molar-refractivity contribution in [2.45, 2.75) is 52.9 Å². The van der Waals surface area contributed by atoms with Crippen LogP contribution in [0.5, 0.6) is 0 Å². The van der Waals surface area contributed by atoms with E-state index in [1.807, 2.05) is 6.92 Å². The lowest BCUT2D eigenvalue weighted by Crippen LogP contribution is -2.09. The zero-order valence-electron chi connectivity index (χ0n) is 13.5. The molecule has 0 saturated heterocycles. The molecule has 1 atom stereocenters. The zero-order valence-corrected chi connectivity index (χ0v) is 13.5. The smallest absolute Gasteiger partial charge is 0.331 e. The third-order valence-electron chi connectivity index (χ3n) is 2.87. The number of carboxylic acids is 2. The van der Waals surface area contributed by atoms with Crippen LogP contribution in [0.4, 0.5) is 0 Å². The summed E-state index contributed by atoms with van der Waals surface area (Å²) in [5, 5.41) is 17.4. The number of unbranched alkanes of at least 4 members (excludes halogenated alkanes) is 1. The van der Waals surface area contributed by atoms with Crippen molar-refractivity contribution in [1.29, 1.82) is 0 Å². The van der Waals surface area contributed by atoms with Gasteiger partial charge in [0.25, 0.3) is 0 Å². The fourth-order valence-electron chi connectivity index (χ4n) is 1.73. The van der Waals surface area contributed by atoms with Gasteiger partial charge in [0.2, 0.25) is 0 Å². The molecule has 126 valence electrons. The number of carbonyl (C=O) groups is 3. The Morgan fingerprint density at radius 2 is 1.82 bits per heavy atom. The number of carboxylic acid groups (broad SMARTS) is 2. The summed E-state index contributed by atoms with van der Waals surface area (Å²) in [5.74, 6) is -2.38. The molecule has 0 saturated carbocycles. The number of carbonyl (C=O) groups excluding carboxylic acids is 1. The van der Waals surface area contributed by atoms with Crippen LogP contribution in [0, 0.1) is 5.92 Å². The third-order valence-corrected chi connectivity index (χ3v) is 2.87. The van der Waals surface area contributed by atoms with Crippen LogP contribution in [-0.2, 0) is 19.1 Å². The minimum atomic E-state index is -1.19. The van der Waals surface area contributed by atoms with E-state index in [9.17, 15) is 14.4 Å². The van der Waals surface area contributed by atoms with E-state index in [4.69, 9.17) is 10.2 Å². The summed E-state index contributed by atoms with van der Waals surface area (Å²) in [4.78, 5) is 31.0. The Morgan fingerprint density at radius 1 is 1.23 bits per heavy atom. The van der Waals surface area contributed by atoms with Crippen LogP contribution < -0.4 is 0 Å². The maximum Gasteiger partial charge on any atom is 0.331 e. The second kappa shape index (κ2) is 13.9. The lowest BCUT2D eigenvalue weighted by molar-refractivity contribution is -0.135. The summed E-state index contributed by atoms with van der Waals surface area (Å²) < 4.78 is 4.17. The van der Waals surface area contributed by atoms with Crippen molar-refractivity contribution < 1.29 is 29.3 Å². The van der Waals surface area contributed by atoms with Gasteiger partial charge in [0, 0.05) is 18.6 Å². The highest BCUT2D eigenvalue weighted by atomic mass is 16.5. The van der Waals surface area contributed by atoms with Gasteiger partial charge in [-0.15, -0.1) is 0 Å². The van der Waals surface area contributed by atoms with E-state index in [-0.39, 0.29) is 17.5 Å². The average Bonchev–Trinajstić information content (AvgIpc) is 2.42. The lowest BCUT2D eigenvalue weighted by atomic mass is 9.92. The molecule has 2 N–H and O–H groups in total. The van der Waals surface area contributed by atoms with Crippen molar-refractivity contribution in [3.63, 3.8) is 0 Å². The van der Waals surface area contributed by atoms with E-state index in [1.165, 1.54) is 6.92 Å². The summed E-state index contributed by atoms with van der Waals surface area (Å²) in [5.41, 5.74) is -0.00421. The van der Waals surface area contributed by atoms with Crippen molar-refractivity contribution in [3.8, 4) is 0 Å². The first-order chi connectivity index (χ1) is 10.3. The number of aliphatic carboxylic acids is 2. The molecule has 0 radical (unpaired) electrons. The highest BCUT2D eigenvalue weighted by Crippen LogP contribution is 2.21. The first-order valence-corrected chi connectivity index (χ1v) is 7.23. The van der Waals surface area contributed by atoms with Crippen molar-refractivity contribution in [3.05, 3.63) is 24.5 Å². The molecule has 6 nitrogen and oxygen atoms in total. The van der Waals surface area contributed by atoms with E-state index < -0.39 is 11.9 Å². The monoisotopic (exact) mass is 314 g/mol. The van der Waals surface area contributed by atoms with Crippen LogP contribution in [-0.4, -0.2) is 28.1 Å². The van der Waals surface area contributed by atoms with Gasteiger partial charge in [0.1, 0.15) is 0 Å². The van der Waals surface area contributed by atoms with Gasteiger partial charge in [-0.1, -0.05) is 46.1 Å². The Morgan fingerprint density at radius 3 is 2.09 bits per heavy atom. The molecular weight excluding hydrogens is 288 g/mol. The van der Waals surface area contributed by atoms with Crippen LogP contribution in [0.25, 0.3) is 0 Å². The van der Waals surface area contributed by atoms with Gasteiger partial charge >= 0.3 is 17.9 Å². The Kier molecular flexibility index (Phi) is 14.0. The maximum atomic E-state index is 10.8. The summed E-state index contributed by atoms with van der Waals surface area (Å²) in [7, 11) is 0. The third kappa shape index (κ3) is 14.3. The second-order valence-electron chi connectivity index (χ2n) is 4.71. The van der Waals surface area contributed by atoms with Gasteiger partial charge < -0.3 is 14.9 Å². The molecule has 0 rings (SSSR count). The number of rotatable bonds is 9. The molecule has 0 bridgehead atoms. The van der Waals surface area contributed by atoms with Crippen LogP contribution in [0.3, 0.4) is 0 Å². The largest absolute Gasteiger partial charge is 0.478 e. The molecule has 6 heteroatoms. The molecule has 0 aliphatic rings. The number of hydrogen-bond acceptors (Lipinski definition) is 4. The van der Waals surface area contributed by atoms with E-state index in [0.29, 0.717) is 6.42 Å². The molecule has 0 fully saturated rings. The van der Waals surface area contributed by atoms with Crippen LogP contribution in [0.15, 0.2) is 24.5 Å². The van der Waals surface area contributed by atoms with Crippen LogP contribution >= 0.6 is 0 Å². The number of hydrogen-bond donors (Lipinski definition) is 2. The maximum absolute atomic E-state index is 10.8. The van der Waals surface area contributed by atoms with Crippen molar-refractivity contribution >= 4 is 17.9 Å². The fourth-order valence-corrected chi connectivity index (χ4v) is 1.73. The molecule has 22 heavy (non-hydrogen) atoms. The summed E-state index contributed by atoms with van der Waals surface area (Å²) in [6.07, 6.45) is 6.21. The average molecular weight is 314 g/mol. The molecule has 1 unspecified atom stereocenters. The molecule has 0 aromatic rings. The van der Waals surface area contributed by atoms with E-state index in [1.54, 1.807) is 0 Å². The van der Waals surface area contributed by atoms with Crippen molar-refractivity contribution in [2.24, 2.45) is 5.92 Å². The minimum Gasteiger partial charge on any atom is -0.478 e. The normalized spacial score (nSPS) is 11.7. The van der Waals surface area contributed by atoms with Gasteiger partial charge in [0.15, 0.2) is 0 Å². The molecule has 0 aliphatic carbocycles. The second-order valence-corrected chi connectivity index (χ2v) is 4.71. The van der Waals surface area contributed by atoms with Crippen LogP contribution in [0.1, 0.15) is 52.9 Å². The molecule has 0 heterocycles. The highest BCUT2D eigenvalue weighted by molar-refractivity contribution is 5.94. The first-order valence-electron chi connectivity index (χ1n) is 7.23. The molecule has 0 aromatic heterocycles. The Bertz CT molecular complexity index is 397. The number of esters is 1. The standard InChI is InChI=1S/C12H20O4.C4H6O2/c1-3-5-6-9(4-2)7-10(12(15)16)8-11(13)14;1-3-6-4(2)5/h8-9H,3-7H2,1-2H3,(H,13,14)(H,15,16);3H,1H2,2H3/b10-8-;. The molecule has 0 spiro atoms. The van der Waals surface area contributed by atoms with Gasteiger partial charge in [0.05, 0.1) is 6.26 Å². The lowest BCUT2D eigenvalue weighted by Gasteiger charge is -2.14. The van der Waals surface area contributed by atoms with E-state index in [0.717, 1.165) is 38.0 Å². The fraction of sp³-hybridized carbons (Fsp3) is 0.562. The minimum absolute atomic E-state index is 0.00421. The predicted octanol–water partition coefficient (Wildman–Crippen LogP) is 3.38. The zero-order chi connectivity index (χ0) is 17.5. The van der Waals surface area contributed by atoms with Crippen LogP contribution in [0.2, 0.25) is 0 Å². The van der Waals surface area contributed by atoms with Gasteiger partial charge in [-0.05, 0) is 12.3 Å². The predicted molar refractivity (Wildman–Crippen MR) is 83.2 cm³/mol. The first kappa shape index (κ1) is 22.2. The summed E-state index contributed by atoms with van der Waals surface area (Å²) >= 11 is 0. The van der Waals surface area contributed by atoms with Crippen molar-refractivity contribution in [1.82, 2.24) is 0 Å². The van der Waals surface area contributed by atoms with E-state index >= 15 is 0 Å². The number of ether oxygens (including phenoxy) is 1. The summed E-state index contributed by atoms with van der Waals surface area (Å²) in [6.45, 7) is 8.56. The van der Waals surface area contributed by atoms with Gasteiger partial charge in [-0.25, -0.2) is 9.59 Å². The van der Waals surface area contributed by atoms with Gasteiger partial charge in [-0.2, -0.15) is 0 Å².